The van der Waals surface area contributed by atoms with Crippen molar-refractivity contribution in [3.63, 3.8) is 0 Å². The van der Waals surface area contributed by atoms with Crippen LogP contribution in [0.2, 0.25) is 0 Å². The number of aromatic amines is 1. The molecule has 0 atom stereocenters. The van der Waals surface area contributed by atoms with Crippen LogP contribution in [0.4, 0.5) is 0 Å². The summed E-state index contributed by atoms with van der Waals surface area (Å²) >= 11 is 0. The lowest BCUT2D eigenvalue weighted by molar-refractivity contribution is 0.370. The van der Waals surface area contributed by atoms with Crippen LogP contribution in [0, 0.1) is 5.92 Å². The van der Waals surface area contributed by atoms with Crippen molar-refractivity contribution < 1.29 is 0 Å². The van der Waals surface area contributed by atoms with E-state index in [0.29, 0.717) is 5.92 Å². The van der Waals surface area contributed by atoms with E-state index >= 15 is 0 Å². The molecule has 0 aliphatic carbocycles. The Morgan fingerprint density at radius 2 is 2.05 bits per heavy atom. The third kappa shape index (κ3) is 2.88. The first-order chi connectivity index (χ1) is 9.95. The summed E-state index contributed by atoms with van der Waals surface area (Å²) in [5.41, 5.74) is 2.75. The Labute approximate surface area is 124 Å². The first-order valence-electron chi connectivity index (χ1n) is 7.76. The number of rotatable bonds is 2. The average molecular weight is 288 g/mol. The summed E-state index contributed by atoms with van der Waals surface area (Å²) in [4.78, 5) is 17.0. The molecule has 0 aromatic carbocycles. The molecule has 0 spiro atoms. The summed E-state index contributed by atoms with van der Waals surface area (Å²) in [6.45, 7) is 8.57. The predicted molar refractivity (Wildman–Crippen MR) is 83.8 cm³/mol. The fourth-order valence-electron chi connectivity index (χ4n) is 3.07. The molecule has 5 nitrogen and oxygen atoms in total. The van der Waals surface area contributed by atoms with Gasteiger partial charge in [0.25, 0.3) is 5.56 Å². The maximum Gasteiger partial charge on any atom is 0.272 e. The van der Waals surface area contributed by atoms with E-state index in [0.717, 1.165) is 36.4 Å². The van der Waals surface area contributed by atoms with Crippen molar-refractivity contribution in [2.75, 3.05) is 13.1 Å². The molecule has 0 unspecified atom stereocenters. The van der Waals surface area contributed by atoms with Crippen LogP contribution in [0.25, 0.3) is 5.65 Å². The Balaban J connectivity index is 1.98. The van der Waals surface area contributed by atoms with Crippen molar-refractivity contribution in [1.82, 2.24) is 19.9 Å². The van der Waals surface area contributed by atoms with Gasteiger partial charge in [0.1, 0.15) is 0 Å². The lowest BCUT2D eigenvalue weighted by atomic mass is 9.89. The third-order valence-corrected chi connectivity index (χ3v) is 4.32. The minimum absolute atomic E-state index is 0.0144. The van der Waals surface area contributed by atoms with Crippen LogP contribution in [0.1, 0.15) is 44.9 Å². The summed E-state index contributed by atoms with van der Waals surface area (Å²) < 4.78 is 1.55. The standard InChI is InChI=1S/C16H24N4O/c1-16(2,3)13-10-18-20-14(21)9-12(19-15(13)20)8-11-4-6-17-7-5-11/h9-11,17-18H,4-8H2,1-3H3. The van der Waals surface area contributed by atoms with E-state index in [1.807, 2.05) is 6.20 Å². The number of piperidine rings is 1. The van der Waals surface area contributed by atoms with Crippen molar-refractivity contribution in [2.24, 2.45) is 5.92 Å². The van der Waals surface area contributed by atoms with E-state index in [1.165, 1.54) is 12.8 Å². The Morgan fingerprint density at radius 3 is 2.71 bits per heavy atom. The normalized spacial score (nSPS) is 17.5. The Kier molecular flexibility index (Phi) is 3.61. The second-order valence-electron chi connectivity index (χ2n) is 7.08. The van der Waals surface area contributed by atoms with Crippen LogP contribution in [0.15, 0.2) is 17.1 Å². The SMILES string of the molecule is CC(C)(C)c1c[nH]n2c(=O)cc(CC3CCNCC3)nc12. The molecule has 0 bridgehead atoms. The number of aromatic nitrogens is 3. The molecule has 5 heteroatoms. The van der Waals surface area contributed by atoms with Crippen LogP contribution in [-0.2, 0) is 11.8 Å². The number of fused-ring (bicyclic) bond motifs is 1. The fraction of sp³-hybridized carbons (Fsp3) is 0.625. The lowest BCUT2D eigenvalue weighted by Gasteiger charge is -2.22. The van der Waals surface area contributed by atoms with E-state index < -0.39 is 0 Å². The van der Waals surface area contributed by atoms with Crippen LogP contribution in [-0.4, -0.2) is 27.7 Å². The molecule has 2 aromatic heterocycles. The van der Waals surface area contributed by atoms with Crippen LogP contribution in [0.5, 0.6) is 0 Å². The lowest BCUT2D eigenvalue weighted by Crippen LogP contribution is -2.29. The van der Waals surface area contributed by atoms with Crippen molar-refractivity contribution in [1.29, 1.82) is 0 Å². The van der Waals surface area contributed by atoms with Crippen molar-refractivity contribution in [3.05, 3.63) is 33.9 Å². The van der Waals surface area contributed by atoms with Crippen molar-refractivity contribution >= 4 is 5.65 Å². The summed E-state index contributed by atoms with van der Waals surface area (Å²) in [6, 6.07) is 1.68. The smallest absolute Gasteiger partial charge is 0.272 e. The molecule has 114 valence electrons. The molecule has 3 rings (SSSR count). The number of hydrogen-bond acceptors (Lipinski definition) is 3. The molecule has 21 heavy (non-hydrogen) atoms. The molecule has 1 aliphatic heterocycles. The van der Waals surface area contributed by atoms with Gasteiger partial charge in [-0.05, 0) is 43.7 Å². The summed E-state index contributed by atoms with van der Waals surface area (Å²) in [5.74, 6) is 0.637. The van der Waals surface area contributed by atoms with Crippen LogP contribution in [0.3, 0.4) is 0 Å². The van der Waals surface area contributed by atoms with Gasteiger partial charge < -0.3 is 5.32 Å². The minimum Gasteiger partial charge on any atom is -0.317 e. The maximum atomic E-state index is 12.3. The van der Waals surface area contributed by atoms with Gasteiger partial charge in [0.05, 0.1) is 0 Å². The highest BCUT2D eigenvalue weighted by Gasteiger charge is 2.21. The number of hydrogen-bond donors (Lipinski definition) is 2. The Morgan fingerprint density at radius 1 is 1.33 bits per heavy atom. The van der Waals surface area contributed by atoms with Gasteiger partial charge in [-0.1, -0.05) is 20.8 Å². The molecule has 0 saturated carbocycles. The van der Waals surface area contributed by atoms with E-state index in [1.54, 1.807) is 10.6 Å². The summed E-state index contributed by atoms with van der Waals surface area (Å²) in [7, 11) is 0. The number of H-pyrrole nitrogens is 1. The second kappa shape index (κ2) is 5.30. The average Bonchev–Trinajstić information content (AvgIpc) is 2.84. The van der Waals surface area contributed by atoms with E-state index in [2.05, 4.69) is 31.2 Å². The highest BCUT2D eigenvalue weighted by Crippen LogP contribution is 2.25. The molecular formula is C16H24N4O. The van der Waals surface area contributed by atoms with Gasteiger partial charge in [-0.25, -0.2) is 9.50 Å². The molecule has 3 heterocycles. The van der Waals surface area contributed by atoms with Crippen LogP contribution < -0.4 is 10.9 Å². The number of nitrogens with one attached hydrogen (secondary N) is 2. The van der Waals surface area contributed by atoms with Crippen molar-refractivity contribution in [3.8, 4) is 0 Å². The predicted octanol–water partition coefficient (Wildman–Crippen LogP) is 1.86. The first-order valence-corrected chi connectivity index (χ1v) is 7.76. The fourth-order valence-corrected chi connectivity index (χ4v) is 3.07. The van der Waals surface area contributed by atoms with Gasteiger partial charge in [0.2, 0.25) is 0 Å². The van der Waals surface area contributed by atoms with E-state index in [9.17, 15) is 4.79 Å². The topological polar surface area (TPSA) is 62.2 Å². The van der Waals surface area contributed by atoms with Gasteiger partial charge in [-0.15, -0.1) is 0 Å². The molecule has 0 amide bonds. The zero-order valence-electron chi connectivity index (χ0n) is 13.1. The molecule has 2 N–H and O–H groups in total. The molecule has 0 radical (unpaired) electrons. The maximum absolute atomic E-state index is 12.3. The first kappa shape index (κ1) is 14.3. The third-order valence-electron chi connectivity index (χ3n) is 4.32. The largest absolute Gasteiger partial charge is 0.317 e. The molecule has 2 aromatic rings. The Hall–Kier alpha value is -1.62. The van der Waals surface area contributed by atoms with Crippen molar-refractivity contribution in [2.45, 2.75) is 45.4 Å². The highest BCUT2D eigenvalue weighted by molar-refractivity contribution is 5.50. The zero-order valence-corrected chi connectivity index (χ0v) is 13.1. The molecular weight excluding hydrogens is 264 g/mol. The summed E-state index contributed by atoms with van der Waals surface area (Å²) in [6.07, 6.45) is 5.14. The second-order valence-corrected chi connectivity index (χ2v) is 7.08. The van der Waals surface area contributed by atoms with Gasteiger partial charge in [0, 0.05) is 23.5 Å². The van der Waals surface area contributed by atoms with Crippen LogP contribution >= 0.6 is 0 Å². The molecule has 1 fully saturated rings. The molecule has 1 aliphatic rings. The van der Waals surface area contributed by atoms with Gasteiger partial charge in [-0.3, -0.25) is 9.89 Å². The zero-order chi connectivity index (χ0) is 15.0. The van der Waals surface area contributed by atoms with E-state index in [-0.39, 0.29) is 11.0 Å². The monoisotopic (exact) mass is 288 g/mol. The summed E-state index contributed by atoms with van der Waals surface area (Å²) in [5, 5.41) is 6.40. The van der Waals surface area contributed by atoms with Gasteiger partial charge in [0.15, 0.2) is 5.65 Å². The minimum atomic E-state index is -0.0297. The molecule has 1 saturated heterocycles. The highest BCUT2D eigenvalue weighted by atomic mass is 16.1. The van der Waals surface area contributed by atoms with Gasteiger partial charge in [-0.2, -0.15) is 0 Å². The number of nitrogens with zero attached hydrogens (tertiary/aromatic N) is 2. The van der Waals surface area contributed by atoms with E-state index in [4.69, 9.17) is 4.98 Å². The quantitative estimate of drug-likeness (QED) is 0.886. The van der Waals surface area contributed by atoms with Gasteiger partial charge >= 0.3 is 0 Å². The Bertz CT molecular complexity index is 686.